The number of rotatable bonds is 2. The predicted octanol–water partition coefficient (Wildman–Crippen LogP) is 2.76. The number of imidazole rings is 1. The molecule has 0 radical (unpaired) electrons. The van der Waals surface area contributed by atoms with Crippen molar-refractivity contribution in [3.05, 3.63) is 42.5 Å². The van der Waals surface area contributed by atoms with Gasteiger partial charge < -0.3 is 14.8 Å². The summed E-state index contributed by atoms with van der Waals surface area (Å²) < 4.78 is 2.01. The van der Waals surface area contributed by atoms with Gasteiger partial charge in [0.05, 0.1) is 0 Å². The van der Waals surface area contributed by atoms with Crippen molar-refractivity contribution in [3.63, 3.8) is 0 Å². The molecule has 21 heavy (non-hydrogen) atoms. The highest BCUT2D eigenvalue weighted by Gasteiger charge is 2.16. The Bertz CT molecular complexity index is 617. The molecule has 5 nitrogen and oxygen atoms in total. The maximum Gasteiger partial charge on any atom is 0.321 e. The standard InChI is InChI=1S/C15H18N4OS/c1-12-16-6-7-19(12)14-4-2-13(3-5-14)17-15(20)18-8-10-21-11-9-18/h2-7H,8-11H2,1H3,(H,17,20). The molecule has 2 aromatic rings. The number of urea groups is 1. The Morgan fingerprint density at radius 3 is 2.57 bits per heavy atom. The van der Waals surface area contributed by atoms with Gasteiger partial charge in [0.1, 0.15) is 5.82 Å². The van der Waals surface area contributed by atoms with Gasteiger partial charge in [-0.05, 0) is 31.2 Å². The average molecular weight is 302 g/mol. The fraction of sp³-hybridized carbons (Fsp3) is 0.333. The molecule has 1 N–H and O–H groups in total. The van der Waals surface area contributed by atoms with E-state index in [0.717, 1.165) is 41.8 Å². The van der Waals surface area contributed by atoms with Crippen LogP contribution in [0.15, 0.2) is 36.7 Å². The van der Waals surface area contributed by atoms with E-state index in [1.807, 2.05) is 58.6 Å². The van der Waals surface area contributed by atoms with Crippen molar-refractivity contribution < 1.29 is 4.79 Å². The topological polar surface area (TPSA) is 50.2 Å². The van der Waals surface area contributed by atoms with Crippen LogP contribution in [0.2, 0.25) is 0 Å². The molecule has 0 unspecified atom stereocenters. The van der Waals surface area contributed by atoms with Gasteiger partial charge in [-0.15, -0.1) is 0 Å². The lowest BCUT2D eigenvalue weighted by Gasteiger charge is -2.26. The summed E-state index contributed by atoms with van der Waals surface area (Å²) in [6, 6.07) is 7.80. The van der Waals surface area contributed by atoms with Gasteiger partial charge in [0.2, 0.25) is 0 Å². The summed E-state index contributed by atoms with van der Waals surface area (Å²) in [6.07, 6.45) is 3.70. The van der Waals surface area contributed by atoms with Gasteiger partial charge in [-0.25, -0.2) is 9.78 Å². The van der Waals surface area contributed by atoms with Gasteiger partial charge in [0.15, 0.2) is 0 Å². The Morgan fingerprint density at radius 2 is 1.95 bits per heavy atom. The van der Waals surface area contributed by atoms with Gasteiger partial charge in [-0.2, -0.15) is 11.8 Å². The molecule has 110 valence electrons. The minimum absolute atomic E-state index is 0.0122. The number of carbonyl (C=O) groups is 1. The smallest absolute Gasteiger partial charge is 0.321 e. The van der Waals surface area contributed by atoms with Crippen molar-refractivity contribution in [1.29, 1.82) is 0 Å². The Hall–Kier alpha value is -1.95. The summed E-state index contributed by atoms with van der Waals surface area (Å²) in [5.74, 6) is 2.98. The van der Waals surface area contributed by atoms with Gasteiger partial charge in [-0.1, -0.05) is 0 Å². The van der Waals surface area contributed by atoms with E-state index in [9.17, 15) is 4.79 Å². The SMILES string of the molecule is Cc1nccn1-c1ccc(NC(=O)N2CCSCC2)cc1. The van der Waals surface area contributed by atoms with Crippen molar-refractivity contribution in [2.24, 2.45) is 0 Å². The first kappa shape index (κ1) is 14.0. The molecule has 0 bridgehead atoms. The molecule has 6 heteroatoms. The molecular weight excluding hydrogens is 284 g/mol. The average Bonchev–Trinajstić information content (AvgIpc) is 2.95. The fourth-order valence-corrected chi connectivity index (χ4v) is 3.23. The van der Waals surface area contributed by atoms with Crippen LogP contribution in [0.3, 0.4) is 0 Å². The van der Waals surface area contributed by atoms with Crippen molar-refractivity contribution in [3.8, 4) is 5.69 Å². The zero-order valence-corrected chi connectivity index (χ0v) is 12.8. The highest BCUT2D eigenvalue weighted by Crippen LogP contribution is 2.16. The molecular formula is C15H18N4OS. The monoisotopic (exact) mass is 302 g/mol. The zero-order chi connectivity index (χ0) is 14.7. The van der Waals surface area contributed by atoms with Gasteiger partial charge in [0, 0.05) is 48.4 Å². The first-order chi connectivity index (χ1) is 10.2. The number of anilines is 1. The van der Waals surface area contributed by atoms with Crippen LogP contribution in [0.4, 0.5) is 10.5 Å². The van der Waals surface area contributed by atoms with Gasteiger partial charge >= 0.3 is 6.03 Å². The van der Waals surface area contributed by atoms with Crippen LogP contribution in [-0.4, -0.2) is 45.1 Å². The van der Waals surface area contributed by atoms with E-state index in [0.29, 0.717) is 0 Å². The van der Waals surface area contributed by atoms with Crippen LogP contribution in [-0.2, 0) is 0 Å². The number of aromatic nitrogens is 2. The third kappa shape index (κ3) is 3.21. The van der Waals surface area contributed by atoms with E-state index < -0.39 is 0 Å². The number of hydrogen-bond donors (Lipinski definition) is 1. The maximum absolute atomic E-state index is 12.1. The Balaban J connectivity index is 1.67. The largest absolute Gasteiger partial charge is 0.323 e. The number of aryl methyl sites for hydroxylation is 1. The van der Waals surface area contributed by atoms with Crippen molar-refractivity contribution in [1.82, 2.24) is 14.5 Å². The number of amides is 2. The molecule has 3 rings (SSSR count). The first-order valence-corrected chi connectivity index (χ1v) is 8.13. The van der Waals surface area contributed by atoms with E-state index in [-0.39, 0.29) is 6.03 Å². The molecule has 0 atom stereocenters. The van der Waals surface area contributed by atoms with Crippen LogP contribution in [0.5, 0.6) is 0 Å². The van der Waals surface area contributed by atoms with Crippen LogP contribution >= 0.6 is 11.8 Å². The highest BCUT2D eigenvalue weighted by atomic mass is 32.2. The number of hydrogen-bond acceptors (Lipinski definition) is 3. The molecule has 1 aromatic carbocycles. The second-order valence-corrected chi connectivity index (χ2v) is 6.15. The maximum atomic E-state index is 12.1. The molecule has 1 aliphatic heterocycles. The molecule has 1 aromatic heterocycles. The van der Waals surface area contributed by atoms with Crippen LogP contribution in [0.25, 0.3) is 5.69 Å². The first-order valence-electron chi connectivity index (χ1n) is 6.98. The lowest BCUT2D eigenvalue weighted by Crippen LogP contribution is -2.40. The van der Waals surface area contributed by atoms with E-state index in [1.165, 1.54) is 0 Å². The molecule has 1 fully saturated rings. The fourth-order valence-electron chi connectivity index (χ4n) is 2.33. The number of carbonyl (C=O) groups excluding carboxylic acids is 1. The zero-order valence-electron chi connectivity index (χ0n) is 12.0. The molecule has 0 spiro atoms. The minimum atomic E-state index is -0.0122. The molecule has 2 amide bonds. The normalized spacial score (nSPS) is 15.0. The summed E-state index contributed by atoms with van der Waals surface area (Å²) in [7, 11) is 0. The second kappa shape index (κ2) is 6.22. The van der Waals surface area contributed by atoms with E-state index in [1.54, 1.807) is 6.20 Å². The van der Waals surface area contributed by atoms with Crippen molar-refractivity contribution >= 4 is 23.5 Å². The summed E-state index contributed by atoms with van der Waals surface area (Å²) in [6.45, 7) is 3.61. The van der Waals surface area contributed by atoms with E-state index in [4.69, 9.17) is 0 Å². The summed E-state index contributed by atoms with van der Waals surface area (Å²) >= 11 is 1.89. The number of thioether (sulfide) groups is 1. The molecule has 1 aliphatic rings. The quantitative estimate of drug-likeness (QED) is 0.928. The van der Waals surface area contributed by atoms with Crippen LogP contribution < -0.4 is 5.32 Å². The number of nitrogens with one attached hydrogen (secondary N) is 1. The van der Waals surface area contributed by atoms with Crippen molar-refractivity contribution in [2.75, 3.05) is 29.9 Å². The third-order valence-electron chi connectivity index (χ3n) is 3.52. The minimum Gasteiger partial charge on any atom is -0.323 e. The van der Waals surface area contributed by atoms with E-state index >= 15 is 0 Å². The number of benzene rings is 1. The molecule has 1 saturated heterocycles. The lowest BCUT2D eigenvalue weighted by molar-refractivity contribution is 0.217. The third-order valence-corrected chi connectivity index (χ3v) is 4.46. The Morgan fingerprint density at radius 1 is 1.24 bits per heavy atom. The highest BCUT2D eigenvalue weighted by molar-refractivity contribution is 7.99. The van der Waals surface area contributed by atoms with E-state index in [2.05, 4.69) is 10.3 Å². The predicted molar refractivity (Wildman–Crippen MR) is 86.2 cm³/mol. The summed E-state index contributed by atoms with van der Waals surface area (Å²) in [5, 5.41) is 2.95. The Labute approximate surface area is 128 Å². The van der Waals surface area contributed by atoms with Crippen molar-refractivity contribution in [2.45, 2.75) is 6.92 Å². The van der Waals surface area contributed by atoms with Gasteiger partial charge in [0.25, 0.3) is 0 Å². The lowest BCUT2D eigenvalue weighted by atomic mass is 10.2. The summed E-state index contributed by atoms with van der Waals surface area (Å²) in [4.78, 5) is 18.2. The Kier molecular flexibility index (Phi) is 4.15. The summed E-state index contributed by atoms with van der Waals surface area (Å²) in [5.41, 5.74) is 1.86. The van der Waals surface area contributed by atoms with Gasteiger partial charge in [-0.3, -0.25) is 0 Å². The molecule has 0 saturated carbocycles. The van der Waals surface area contributed by atoms with Crippen LogP contribution in [0.1, 0.15) is 5.82 Å². The second-order valence-electron chi connectivity index (χ2n) is 4.92. The molecule has 2 heterocycles. The van der Waals surface area contributed by atoms with Crippen LogP contribution in [0, 0.1) is 6.92 Å². The molecule has 0 aliphatic carbocycles. The number of nitrogens with zero attached hydrogens (tertiary/aromatic N) is 3.